The molecule has 7 heteroatoms. The number of halogens is 2. The van der Waals surface area contributed by atoms with Gasteiger partial charge in [-0.2, -0.15) is 0 Å². The number of rotatable bonds is 4. The first-order chi connectivity index (χ1) is 8.43. The van der Waals surface area contributed by atoms with E-state index in [0.29, 0.717) is 0 Å². The Hall–Kier alpha value is -1.59. The third-order valence-corrected chi connectivity index (χ3v) is 3.03. The van der Waals surface area contributed by atoms with Crippen LogP contribution >= 0.6 is 23.2 Å². The quantitative estimate of drug-likeness (QED) is 0.817. The second kappa shape index (κ2) is 6.37. The predicted octanol–water partition coefficient (Wildman–Crippen LogP) is 1.24. The number of imide groups is 1. The molecule has 5 nitrogen and oxygen atoms in total. The number of carbonyl (C=O) groups excluding carboxylic acids is 2. The number of carboxylic acid groups (broad SMARTS) is 1. The first kappa shape index (κ1) is 14.5. The van der Waals surface area contributed by atoms with Gasteiger partial charge in [-0.3, -0.25) is 19.7 Å². The number of nitrogens with one attached hydrogen (secondary N) is 1. The molecule has 18 heavy (non-hydrogen) atoms. The number of benzene rings is 1. The van der Waals surface area contributed by atoms with Crippen LogP contribution in [0.1, 0.15) is 10.4 Å². The number of hydrogen-bond donors (Lipinski definition) is 2. The molecule has 0 saturated carbocycles. The van der Waals surface area contributed by atoms with Crippen molar-refractivity contribution in [1.29, 1.82) is 0 Å². The monoisotopic (exact) mass is 289 g/mol. The minimum Gasteiger partial charge on any atom is -0.480 e. The molecule has 0 aliphatic heterocycles. The molecular weight excluding hydrogens is 281 g/mol. The highest BCUT2D eigenvalue weighted by Crippen LogP contribution is 2.11. The van der Waals surface area contributed by atoms with E-state index >= 15 is 0 Å². The third kappa shape index (κ3) is 3.72. The second-order valence-corrected chi connectivity index (χ2v) is 4.27. The second-order valence-electron chi connectivity index (χ2n) is 3.33. The molecule has 0 radical (unpaired) electrons. The van der Waals surface area contributed by atoms with Crippen LogP contribution in [0.15, 0.2) is 30.3 Å². The van der Waals surface area contributed by atoms with Gasteiger partial charge in [0.1, 0.15) is 5.38 Å². The highest BCUT2D eigenvalue weighted by atomic mass is 35.5. The smallest absolute Gasteiger partial charge is 0.323 e. The predicted molar refractivity (Wildman–Crippen MR) is 65.8 cm³/mol. The Labute approximate surface area is 113 Å². The maximum Gasteiger partial charge on any atom is 0.323 e. The fourth-order valence-electron chi connectivity index (χ4n) is 1.10. The van der Waals surface area contributed by atoms with Crippen LogP contribution in [0.25, 0.3) is 0 Å². The third-order valence-electron chi connectivity index (χ3n) is 2.02. The number of aliphatic carboxylic acids is 1. The van der Waals surface area contributed by atoms with Crippen LogP contribution in [0.3, 0.4) is 0 Å². The molecule has 1 aromatic rings. The van der Waals surface area contributed by atoms with Gasteiger partial charge >= 0.3 is 5.97 Å². The molecule has 0 heterocycles. The van der Waals surface area contributed by atoms with Gasteiger partial charge in [0.25, 0.3) is 5.91 Å². The van der Waals surface area contributed by atoms with Crippen LogP contribution in [0, 0.1) is 0 Å². The minimum atomic E-state index is -1.60. The lowest BCUT2D eigenvalue weighted by Gasteiger charge is -2.11. The maximum absolute atomic E-state index is 11.6. The van der Waals surface area contributed by atoms with Crippen molar-refractivity contribution < 1.29 is 19.5 Å². The standard InChI is InChI=1S/C11H9Cl2NO4/c12-7(8(13)11(17)18)10(16)14-9(15)6-4-2-1-3-5-6/h1-5,7-8H,(H,17,18)(H,14,15,16). The molecule has 2 atom stereocenters. The van der Waals surface area contributed by atoms with Crippen molar-refractivity contribution in [3.8, 4) is 0 Å². The van der Waals surface area contributed by atoms with Crippen molar-refractivity contribution in [2.45, 2.75) is 10.8 Å². The van der Waals surface area contributed by atoms with E-state index in [0.717, 1.165) is 0 Å². The van der Waals surface area contributed by atoms with Gasteiger partial charge in [0.2, 0.25) is 5.91 Å². The summed E-state index contributed by atoms with van der Waals surface area (Å²) >= 11 is 10.9. The van der Waals surface area contributed by atoms with Crippen LogP contribution in [0.5, 0.6) is 0 Å². The van der Waals surface area contributed by atoms with E-state index in [1.807, 2.05) is 5.32 Å². The van der Waals surface area contributed by atoms with Gasteiger partial charge in [-0.15, -0.1) is 23.2 Å². The van der Waals surface area contributed by atoms with Gasteiger partial charge in [-0.25, -0.2) is 0 Å². The van der Waals surface area contributed by atoms with Crippen LogP contribution < -0.4 is 5.32 Å². The normalized spacial score (nSPS) is 13.4. The molecule has 0 spiro atoms. The summed E-state index contributed by atoms with van der Waals surface area (Å²) in [6.07, 6.45) is 0. The molecule has 0 bridgehead atoms. The van der Waals surface area contributed by atoms with Gasteiger partial charge < -0.3 is 5.11 Å². The van der Waals surface area contributed by atoms with Crippen molar-refractivity contribution in [2.75, 3.05) is 0 Å². The molecule has 96 valence electrons. The number of hydrogen-bond acceptors (Lipinski definition) is 3. The van der Waals surface area contributed by atoms with Crippen molar-refractivity contribution >= 4 is 41.0 Å². The van der Waals surface area contributed by atoms with E-state index in [4.69, 9.17) is 28.3 Å². The van der Waals surface area contributed by atoms with Gasteiger partial charge in [-0.05, 0) is 12.1 Å². The highest BCUT2D eigenvalue weighted by Gasteiger charge is 2.31. The lowest BCUT2D eigenvalue weighted by atomic mass is 10.2. The zero-order valence-corrected chi connectivity index (χ0v) is 10.5. The van der Waals surface area contributed by atoms with Gasteiger partial charge in [0, 0.05) is 5.56 Å². The number of amides is 2. The van der Waals surface area contributed by atoms with Crippen molar-refractivity contribution in [2.24, 2.45) is 0 Å². The Morgan fingerprint density at radius 1 is 1.06 bits per heavy atom. The summed E-state index contributed by atoms with van der Waals surface area (Å²) < 4.78 is 0. The molecule has 1 rings (SSSR count). The Bertz CT molecular complexity index is 463. The van der Waals surface area contributed by atoms with Crippen molar-refractivity contribution in [3.63, 3.8) is 0 Å². The first-order valence-electron chi connectivity index (χ1n) is 4.84. The zero-order valence-electron chi connectivity index (χ0n) is 8.97. The lowest BCUT2D eigenvalue weighted by molar-refractivity contribution is -0.138. The van der Waals surface area contributed by atoms with E-state index in [9.17, 15) is 14.4 Å². The van der Waals surface area contributed by atoms with Crippen LogP contribution in [0.4, 0.5) is 0 Å². The zero-order chi connectivity index (χ0) is 13.7. The Morgan fingerprint density at radius 2 is 1.61 bits per heavy atom. The Morgan fingerprint density at radius 3 is 2.11 bits per heavy atom. The molecule has 2 unspecified atom stereocenters. The fraction of sp³-hybridized carbons (Fsp3) is 0.182. The molecule has 1 aromatic carbocycles. The summed E-state index contributed by atoms with van der Waals surface area (Å²) in [5.74, 6) is -3.05. The minimum absolute atomic E-state index is 0.260. The Kier molecular flexibility index (Phi) is 5.12. The summed E-state index contributed by atoms with van der Waals surface area (Å²) in [6.45, 7) is 0. The molecule has 0 aliphatic carbocycles. The van der Waals surface area contributed by atoms with E-state index in [1.165, 1.54) is 12.1 Å². The van der Waals surface area contributed by atoms with E-state index in [1.54, 1.807) is 18.2 Å². The molecule has 0 aliphatic rings. The SMILES string of the molecule is O=C(NC(=O)C(Cl)C(Cl)C(=O)O)c1ccccc1. The summed E-state index contributed by atoms with van der Waals surface area (Å²) in [5.41, 5.74) is 0.260. The summed E-state index contributed by atoms with van der Waals surface area (Å²) in [5, 5.41) is 7.41. The van der Waals surface area contributed by atoms with E-state index in [-0.39, 0.29) is 5.56 Å². The fourth-order valence-corrected chi connectivity index (χ4v) is 1.38. The first-order valence-corrected chi connectivity index (χ1v) is 5.72. The van der Waals surface area contributed by atoms with Gasteiger partial charge in [0.15, 0.2) is 5.38 Å². The highest BCUT2D eigenvalue weighted by molar-refractivity contribution is 6.42. The topological polar surface area (TPSA) is 83.5 Å². The van der Waals surface area contributed by atoms with Crippen molar-refractivity contribution in [3.05, 3.63) is 35.9 Å². The largest absolute Gasteiger partial charge is 0.480 e. The molecular formula is C11H9Cl2NO4. The summed E-state index contributed by atoms with van der Waals surface area (Å²) in [7, 11) is 0. The van der Waals surface area contributed by atoms with Crippen LogP contribution in [0.2, 0.25) is 0 Å². The number of carbonyl (C=O) groups is 3. The van der Waals surface area contributed by atoms with Crippen molar-refractivity contribution in [1.82, 2.24) is 5.32 Å². The molecule has 0 saturated heterocycles. The average molecular weight is 290 g/mol. The summed E-state index contributed by atoms with van der Waals surface area (Å²) in [6, 6.07) is 7.96. The average Bonchev–Trinajstić information content (AvgIpc) is 2.37. The maximum atomic E-state index is 11.6. The van der Waals surface area contributed by atoms with Crippen LogP contribution in [-0.2, 0) is 9.59 Å². The van der Waals surface area contributed by atoms with Gasteiger partial charge in [-0.1, -0.05) is 18.2 Å². The molecule has 0 aromatic heterocycles. The van der Waals surface area contributed by atoms with E-state index < -0.39 is 28.5 Å². The molecule has 0 fully saturated rings. The number of alkyl halides is 2. The van der Waals surface area contributed by atoms with Crippen LogP contribution in [-0.4, -0.2) is 33.6 Å². The van der Waals surface area contributed by atoms with Gasteiger partial charge in [0.05, 0.1) is 0 Å². The number of carboxylic acids is 1. The summed E-state index contributed by atoms with van der Waals surface area (Å²) in [4.78, 5) is 33.6. The Balaban J connectivity index is 2.66. The van der Waals surface area contributed by atoms with E-state index in [2.05, 4.69) is 0 Å². The molecule has 2 N–H and O–H groups in total. The lowest BCUT2D eigenvalue weighted by Crippen LogP contribution is -2.42. The molecule has 2 amide bonds.